The first-order chi connectivity index (χ1) is 19.9. The van der Waals surface area contributed by atoms with Gasteiger partial charge in [0.15, 0.2) is 11.4 Å². The molecule has 2 aromatic carbocycles. The summed E-state index contributed by atoms with van der Waals surface area (Å²) in [6.45, 7) is 1.56. The third-order valence-corrected chi connectivity index (χ3v) is 6.39. The van der Waals surface area contributed by atoms with Crippen molar-refractivity contribution in [1.29, 1.82) is 0 Å². The highest BCUT2D eigenvalue weighted by Crippen LogP contribution is 2.33. The van der Waals surface area contributed by atoms with Crippen LogP contribution in [0.15, 0.2) is 59.5 Å². The predicted molar refractivity (Wildman–Crippen MR) is 144 cm³/mol. The maximum atomic E-state index is 13.8. The van der Waals surface area contributed by atoms with Crippen LogP contribution in [0, 0.1) is 6.92 Å². The second-order valence-electron chi connectivity index (χ2n) is 9.26. The van der Waals surface area contributed by atoms with Crippen LogP contribution in [0.25, 0.3) is 22.5 Å². The number of nitrogens with one attached hydrogen (secondary N) is 1. The summed E-state index contributed by atoms with van der Waals surface area (Å²) in [5, 5.41) is 11.0. The molecule has 42 heavy (non-hydrogen) atoms. The van der Waals surface area contributed by atoms with Gasteiger partial charge in [0.1, 0.15) is 11.3 Å². The van der Waals surface area contributed by atoms with Crippen LogP contribution in [0.5, 0.6) is 0 Å². The predicted octanol–water partition coefficient (Wildman–Crippen LogP) is 3.11. The number of anilines is 1. The zero-order chi connectivity index (χ0) is 30.3. The Morgan fingerprint density at radius 1 is 1.10 bits per heavy atom. The normalized spacial score (nSPS) is 11.7. The van der Waals surface area contributed by atoms with Crippen molar-refractivity contribution in [3.05, 3.63) is 93.6 Å². The maximum absolute atomic E-state index is 13.8. The molecule has 0 saturated heterocycles. The summed E-state index contributed by atoms with van der Waals surface area (Å²) in [5.41, 5.74) is 4.80. The van der Waals surface area contributed by atoms with E-state index in [1.807, 2.05) is 0 Å². The Labute approximate surface area is 235 Å². The van der Waals surface area contributed by atoms with Gasteiger partial charge in [-0.15, -0.1) is 0 Å². The fourth-order valence-corrected chi connectivity index (χ4v) is 4.53. The summed E-state index contributed by atoms with van der Waals surface area (Å²) in [4.78, 5) is 41.1. The zero-order valence-electron chi connectivity index (χ0n) is 22.4. The molecule has 0 spiro atoms. The number of carbonyl (C=O) groups excluding carboxylic acids is 2. The minimum absolute atomic E-state index is 0.00759. The lowest BCUT2D eigenvalue weighted by Gasteiger charge is -2.12. The first-order valence-corrected chi connectivity index (χ1v) is 12.3. The molecule has 3 aromatic heterocycles. The number of benzene rings is 2. The second kappa shape index (κ2) is 10.6. The van der Waals surface area contributed by atoms with Crippen molar-refractivity contribution in [2.45, 2.75) is 19.7 Å². The van der Waals surface area contributed by atoms with E-state index in [9.17, 15) is 27.6 Å². The minimum atomic E-state index is -4.89. The van der Waals surface area contributed by atoms with Gasteiger partial charge in [0, 0.05) is 36.5 Å². The van der Waals surface area contributed by atoms with Crippen LogP contribution in [0.1, 0.15) is 37.9 Å². The molecule has 0 aliphatic carbocycles. The molecule has 15 heteroatoms. The average molecular weight is 581 g/mol. The monoisotopic (exact) mass is 580 g/mol. The van der Waals surface area contributed by atoms with Crippen molar-refractivity contribution in [1.82, 2.24) is 28.9 Å². The summed E-state index contributed by atoms with van der Waals surface area (Å²) >= 11 is 0. The zero-order valence-corrected chi connectivity index (χ0v) is 22.4. The molecule has 0 fully saturated rings. The van der Waals surface area contributed by atoms with Crippen molar-refractivity contribution >= 4 is 23.0 Å². The summed E-state index contributed by atoms with van der Waals surface area (Å²) in [6, 6.07) is 12.2. The van der Waals surface area contributed by atoms with Crippen molar-refractivity contribution in [2.24, 2.45) is 12.8 Å². The highest BCUT2D eigenvalue weighted by atomic mass is 19.4. The second-order valence-corrected chi connectivity index (χ2v) is 9.26. The largest absolute Gasteiger partial charge is 0.434 e. The number of aromatic nitrogens is 6. The number of primary amides is 1. The molecule has 5 aromatic rings. The number of halogens is 3. The standard InChI is InChI=1S/C27H23F3N8O4/c1-14-34-36(2)26(41)38(14)18-9-7-15(8-10-18)21-19(13-42-3)23-22(33-20(27(28,29)30)12-37(23)35-21)25(40)32-17-6-4-5-16(11-17)24(31)39/h4-12H,13H2,1-3H3,(H2,31,39)(H,32,40). The van der Waals surface area contributed by atoms with E-state index in [0.717, 1.165) is 4.52 Å². The molecule has 0 unspecified atom stereocenters. The molecule has 0 radical (unpaired) electrons. The molecule has 216 valence electrons. The molecule has 2 amide bonds. The molecule has 0 atom stereocenters. The van der Waals surface area contributed by atoms with Gasteiger partial charge in [0.2, 0.25) is 5.91 Å². The number of rotatable bonds is 7. The molecular weight excluding hydrogens is 557 g/mol. The number of hydrogen-bond acceptors (Lipinski definition) is 7. The Bertz CT molecular complexity index is 1910. The van der Waals surface area contributed by atoms with Crippen LogP contribution < -0.4 is 16.7 Å². The summed E-state index contributed by atoms with van der Waals surface area (Å²) in [5.74, 6) is -1.26. The highest BCUT2D eigenvalue weighted by Gasteiger charge is 2.36. The number of alkyl halides is 3. The molecule has 0 bridgehead atoms. The van der Waals surface area contributed by atoms with E-state index in [4.69, 9.17) is 10.5 Å². The number of amides is 2. The van der Waals surface area contributed by atoms with Gasteiger partial charge >= 0.3 is 11.9 Å². The van der Waals surface area contributed by atoms with Gasteiger partial charge in [-0.3, -0.25) is 9.59 Å². The minimum Gasteiger partial charge on any atom is -0.380 e. The van der Waals surface area contributed by atoms with Crippen molar-refractivity contribution < 1.29 is 27.5 Å². The molecule has 3 heterocycles. The number of ether oxygens (including phenoxy) is 1. The number of methoxy groups -OCH3 is 1. The number of fused-ring (bicyclic) bond motifs is 1. The molecule has 5 rings (SSSR count). The first-order valence-electron chi connectivity index (χ1n) is 12.3. The van der Waals surface area contributed by atoms with Gasteiger partial charge in [0.25, 0.3) is 5.91 Å². The van der Waals surface area contributed by atoms with Gasteiger partial charge in [-0.25, -0.2) is 23.5 Å². The lowest BCUT2D eigenvalue weighted by molar-refractivity contribution is -0.141. The smallest absolute Gasteiger partial charge is 0.380 e. The molecule has 12 nitrogen and oxygen atoms in total. The fraction of sp³-hybridized carbons (Fsp3) is 0.185. The van der Waals surface area contributed by atoms with E-state index < -0.39 is 29.4 Å². The van der Waals surface area contributed by atoms with Crippen molar-refractivity contribution in [2.75, 3.05) is 12.4 Å². The number of nitrogens with zero attached hydrogens (tertiary/aromatic N) is 6. The van der Waals surface area contributed by atoms with Crippen LogP contribution >= 0.6 is 0 Å². The quantitative estimate of drug-likeness (QED) is 0.300. The van der Waals surface area contributed by atoms with E-state index >= 15 is 0 Å². The molecule has 3 N–H and O–H groups in total. The fourth-order valence-electron chi connectivity index (χ4n) is 4.53. The van der Waals surface area contributed by atoms with E-state index in [-0.39, 0.29) is 34.8 Å². The summed E-state index contributed by atoms with van der Waals surface area (Å²) in [6.07, 6.45) is -4.20. The SMILES string of the molecule is COCc1c(-c2ccc(-n3c(C)nn(C)c3=O)cc2)nn2cc(C(F)(F)F)nc(C(=O)Nc3cccc(C(N)=O)c3)c12. The van der Waals surface area contributed by atoms with Crippen molar-refractivity contribution in [3.63, 3.8) is 0 Å². The van der Waals surface area contributed by atoms with Gasteiger partial charge in [-0.2, -0.15) is 23.4 Å². The van der Waals surface area contributed by atoms with E-state index in [2.05, 4.69) is 20.5 Å². The number of aryl methyl sites for hydroxylation is 2. The van der Waals surface area contributed by atoms with Gasteiger partial charge in [0.05, 0.1) is 24.2 Å². The topological polar surface area (TPSA) is 151 Å². The molecule has 0 aliphatic heterocycles. The Balaban J connectivity index is 1.65. The van der Waals surface area contributed by atoms with E-state index in [1.165, 1.54) is 47.7 Å². The lowest BCUT2D eigenvalue weighted by Crippen LogP contribution is -2.21. The van der Waals surface area contributed by atoms with Crippen LogP contribution in [-0.2, 0) is 24.6 Å². The first kappa shape index (κ1) is 28.2. The Kier molecular flexibility index (Phi) is 7.12. The van der Waals surface area contributed by atoms with Crippen molar-refractivity contribution in [3.8, 4) is 16.9 Å². The Morgan fingerprint density at radius 2 is 1.81 bits per heavy atom. The van der Waals surface area contributed by atoms with E-state index in [0.29, 0.717) is 28.8 Å². The number of hydrogen-bond donors (Lipinski definition) is 2. The third-order valence-electron chi connectivity index (χ3n) is 6.39. The van der Waals surface area contributed by atoms with Crippen LogP contribution in [0.4, 0.5) is 18.9 Å². The Morgan fingerprint density at radius 3 is 2.40 bits per heavy atom. The van der Waals surface area contributed by atoms with Crippen LogP contribution in [0.2, 0.25) is 0 Å². The van der Waals surface area contributed by atoms with E-state index in [1.54, 1.807) is 31.2 Å². The van der Waals surface area contributed by atoms with Gasteiger partial charge < -0.3 is 15.8 Å². The van der Waals surface area contributed by atoms with Crippen LogP contribution in [0.3, 0.4) is 0 Å². The average Bonchev–Trinajstić information content (AvgIpc) is 3.43. The third kappa shape index (κ3) is 5.12. The number of nitrogens with two attached hydrogens (primary N) is 1. The molecular formula is C27H23F3N8O4. The summed E-state index contributed by atoms with van der Waals surface area (Å²) in [7, 11) is 2.92. The number of carbonyl (C=O) groups is 2. The molecule has 0 saturated carbocycles. The molecule has 0 aliphatic rings. The van der Waals surface area contributed by atoms with Crippen LogP contribution in [-0.4, -0.2) is 47.9 Å². The summed E-state index contributed by atoms with van der Waals surface area (Å²) < 4.78 is 50.4. The van der Waals surface area contributed by atoms with Gasteiger partial charge in [-0.05, 0) is 37.3 Å². The van der Waals surface area contributed by atoms with Gasteiger partial charge in [-0.1, -0.05) is 18.2 Å². The highest BCUT2D eigenvalue weighted by molar-refractivity contribution is 6.09. The maximum Gasteiger partial charge on any atom is 0.434 e. The Hall–Kier alpha value is -5.31. The lowest BCUT2D eigenvalue weighted by atomic mass is 10.1.